The SMILES string of the molecule is N=C(N)c1cnc(Sc2ccc(Cl)cc2)cn1. The molecular weight excluding hydrogens is 256 g/mol. The van der Waals surface area contributed by atoms with E-state index >= 15 is 0 Å². The second-order valence-electron chi connectivity index (χ2n) is 3.21. The molecule has 0 amide bonds. The second kappa shape index (κ2) is 5.16. The van der Waals surface area contributed by atoms with Crippen LogP contribution in [-0.4, -0.2) is 15.8 Å². The maximum atomic E-state index is 7.20. The highest BCUT2D eigenvalue weighted by atomic mass is 35.5. The summed E-state index contributed by atoms with van der Waals surface area (Å²) in [5.74, 6) is -0.0828. The quantitative estimate of drug-likeness (QED) is 0.660. The van der Waals surface area contributed by atoms with Crippen molar-refractivity contribution in [3.63, 3.8) is 0 Å². The van der Waals surface area contributed by atoms with Crippen molar-refractivity contribution < 1.29 is 0 Å². The van der Waals surface area contributed by atoms with E-state index in [0.29, 0.717) is 10.7 Å². The fraction of sp³-hybridized carbons (Fsp3) is 0. The average molecular weight is 265 g/mol. The van der Waals surface area contributed by atoms with Gasteiger partial charge in [0, 0.05) is 9.92 Å². The Labute approximate surface area is 108 Å². The largest absolute Gasteiger partial charge is 0.382 e. The molecule has 0 bridgehead atoms. The molecule has 3 N–H and O–H groups in total. The van der Waals surface area contributed by atoms with Crippen LogP contribution in [-0.2, 0) is 0 Å². The Balaban J connectivity index is 2.13. The topological polar surface area (TPSA) is 75.7 Å². The third kappa shape index (κ3) is 3.18. The van der Waals surface area contributed by atoms with Crippen LogP contribution in [0, 0.1) is 5.41 Å². The van der Waals surface area contributed by atoms with Gasteiger partial charge in [0.1, 0.15) is 16.6 Å². The Bertz CT molecular complexity index is 524. The van der Waals surface area contributed by atoms with E-state index in [2.05, 4.69) is 9.97 Å². The van der Waals surface area contributed by atoms with E-state index in [4.69, 9.17) is 22.7 Å². The number of nitrogen functional groups attached to an aromatic ring is 1. The van der Waals surface area contributed by atoms with Gasteiger partial charge in [0.05, 0.1) is 12.4 Å². The number of nitrogens with zero attached hydrogens (tertiary/aromatic N) is 2. The smallest absolute Gasteiger partial charge is 0.143 e. The molecule has 86 valence electrons. The molecule has 0 fully saturated rings. The minimum Gasteiger partial charge on any atom is -0.382 e. The lowest BCUT2D eigenvalue weighted by atomic mass is 10.4. The highest BCUT2D eigenvalue weighted by molar-refractivity contribution is 7.99. The van der Waals surface area contributed by atoms with Gasteiger partial charge >= 0.3 is 0 Å². The Morgan fingerprint density at radius 2 is 1.88 bits per heavy atom. The monoisotopic (exact) mass is 264 g/mol. The molecule has 1 aromatic carbocycles. The summed E-state index contributed by atoms with van der Waals surface area (Å²) in [6.07, 6.45) is 3.08. The van der Waals surface area contributed by atoms with Crippen molar-refractivity contribution >= 4 is 29.2 Å². The van der Waals surface area contributed by atoms with E-state index in [1.54, 1.807) is 6.20 Å². The predicted octanol–water partition coefficient (Wildman–Crippen LogP) is 2.57. The molecule has 0 saturated heterocycles. The molecule has 2 rings (SSSR count). The van der Waals surface area contributed by atoms with Gasteiger partial charge in [-0.05, 0) is 24.3 Å². The van der Waals surface area contributed by atoms with E-state index in [1.165, 1.54) is 18.0 Å². The van der Waals surface area contributed by atoms with E-state index in [1.807, 2.05) is 24.3 Å². The van der Waals surface area contributed by atoms with Crippen molar-refractivity contribution in [1.29, 1.82) is 5.41 Å². The number of nitrogens with two attached hydrogens (primary N) is 1. The Morgan fingerprint density at radius 3 is 2.41 bits per heavy atom. The summed E-state index contributed by atoms with van der Waals surface area (Å²) < 4.78 is 0. The van der Waals surface area contributed by atoms with Gasteiger partial charge in [0.15, 0.2) is 0 Å². The van der Waals surface area contributed by atoms with Crippen LogP contribution in [0.1, 0.15) is 5.69 Å². The summed E-state index contributed by atoms with van der Waals surface area (Å²) in [5, 5.41) is 8.65. The first-order valence-corrected chi connectivity index (χ1v) is 5.94. The summed E-state index contributed by atoms with van der Waals surface area (Å²) in [7, 11) is 0. The lowest BCUT2D eigenvalue weighted by Crippen LogP contribution is -2.13. The molecule has 2 aromatic rings. The van der Waals surface area contributed by atoms with Crippen LogP contribution in [0.3, 0.4) is 0 Å². The molecule has 4 nitrogen and oxygen atoms in total. The second-order valence-corrected chi connectivity index (χ2v) is 4.74. The summed E-state index contributed by atoms with van der Waals surface area (Å²) in [4.78, 5) is 9.22. The Kier molecular flexibility index (Phi) is 3.61. The number of hydrogen-bond donors (Lipinski definition) is 2. The van der Waals surface area contributed by atoms with Crippen molar-refractivity contribution in [3.05, 3.63) is 47.4 Å². The molecule has 0 unspecified atom stereocenters. The molecule has 17 heavy (non-hydrogen) atoms. The predicted molar refractivity (Wildman–Crippen MR) is 68.6 cm³/mol. The number of nitrogens with one attached hydrogen (secondary N) is 1. The fourth-order valence-corrected chi connectivity index (χ4v) is 1.98. The maximum absolute atomic E-state index is 7.20. The third-order valence-corrected chi connectivity index (χ3v) is 3.12. The summed E-state index contributed by atoms with van der Waals surface area (Å²) in [6.45, 7) is 0. The first kappa shape index (κ1) is 11.9. The minimum absolute atomic E-state index is 0.0828. The van der Waals surface area contributed by atoms with Crippen molar-refractivity contribution in [2.24, 2.45) is 5.73 Å². The Morgan fingerprint density at radius 1 is 1.18 bits per heavy atom. The first-order valence-electron chi connectivity index (χ1n) is 4.75. The molecule has 0 radical (unpaired) electrons. The molecule has 1 aromatic heterocycles. The number of halogens is 1. The number of rotatable bonds is 3. The number of benzene rings is 1. The molecule has 0 atom stereocenters. The average Bonchev–Trinajstić information content (AvgIpc) is 2.33. The molecule has 0 saturated carbocycles. The van der Waals surface area contributed by atoms with Gasteiger partial charge in [-0.2, -0.15) is 0 Å². The van der Waals surface area contributed by atoms with Gasteiger partial charge < -0.3 is 5.73 Å². The fourth-order valence-electron chi connectivity index (χ4n) is 1.13. The third-order valence-electron chi connectivity index (χ3n) is 1.94. The Hall–Kier alpha value is -1.59. The van der Waals surface area contributed by atoms with Crippen LogP contribution in [0.4, 0.5) is 0 Å². The van der Waals surface area contributed by atoms with Gasteiger partial charge in [-0.15, -0.1) is 0 Å². The zero-order valence-corrected chi connectivity index (χ0v) is 10.3. The summed E-state index contributed by atoms with van der Waals surface area (Å²) in [6, 6.07) is 7.46. The maximum Gasteiger partial charge on any atom is 0.143 e. The van der Waals surface area contributed by atoms with Gasteiger partial charge in [0.25, 0.3) is 0 Å². The molecule has 0 spiro atoms. The van der Waals surface area contributed by atoms with E-state index in [9.17, 15) is 0 Å². The van der Waals surface area contributed by atoms with Crippen molar-refractivity contribution in [2.75, 3.05) is 0 Å². The van der Waals surface area contributed by atoms with Crippen LogP contribution < -0.4 is 5.73 Å². The zero-order chi connectivity index (χ0) is 12.3. The van der Waals surface area contributed by atoms with E-state index in [-0.39, 0.29) is 5.84 Å². The zero-order valence-electron chi connectivity index (χ0n) is 8.72. The summed E-state index contributed by atoms with van der Waals surface area (Å²) >= 11 is 7.27. The highest BCUT2D eigenvalue weighted by Crippen LogP contribution is 2.26. The molecule has 0 aliphatic carbocycles. The minimum atomic E-state index is -0.0828. The molecule has 6 heteroatoms. The van der Waals surface area contributed by atoms with Crippen molar-refractivity contribution in [3.8, 4) is 0 Å². The van der Waals surface area contributed by atoms with E-state index in [0.717, 1.165) is 9.92 Å². The van der Waals surface area contributed by atoms with Crippen LogP contribution in [0.5, 0.6) is 0 Å². The van der Waals surface area contributed by atoms with Crippen LogP contribution in [0.15, 0.2) is 46.6 Å². The van der Waals surface area contributed by atoms with Crippen molar-refractivity contribution in [1.82, 2.24) is 9.97 Å². The van der Waals surface area contributed by atoms with Gasteiger partial charge in [-0.3, -0.25) is 5.41 Å². The lowest BCUT2D eigenvalue weighted by Gasteiger charge is -2.01. The standard InChI is InChI=1S/C11H9ClN4S/c12-7-1-3-8(4-2-7)17-10-6-15-9(5-16-10)11(13)14/h1-6H,(H3,13,14). The van der Waals surface area contributed by atoms with Crippen LogP contribution >= 0.6 is 23.4 Å². The molecule has 1 heterocycles. The molecule has 0 aliphatic heterocycles. The van der Waals surface area contributed by atoms with E-state index < -0.39 is 0 Å². The van der Waals surface area contributed by atoms with Gasteiger partial charge in [-0.1, -0.05) is 23.4 Å². The molecule has 0 aliphatic rings. The van der Waals surface area contributed by atoms with Crippen LogP contribution in [0.2, 0.25) is 5.02 Å². The normalized spacial score (nSPS) is 10.2. The van der Waals surface area contributed by atoms with Gasteiger partial charge in [-0.25, -0.2) is 9.97 Å². The summed E-state index contributed by atoms with van der Waals surface area (Å²) in [5.41, 5.74) is 5.67. The highest BCUT2D eigenvalue weighted by Gasteiger charge is 2.02. The lowest BCUT2D eigenvalue weighted by molar-refractivity contribution is 1.04. The molecular formula is C11H9ClN4S. The first-order chi connectivity index (χ1) is 8.15. The number of hydrogen-bond acceptors (Lipinski definition) is 4. The van der Waals surface area contributed by atoms with Crippen LogP contribution in [0.25, 0.3) is 0 Å². The van der Waals surface area contributed by atoms with Gasteiger partial charge in [0.2, 0.25) is 0 Å². The van der Waals surface area contributed by atoms with Crippen molar-refractivity contribution in [2.45, 2.75) is 9.92 Å². The number of amidine groups is 1. The number of aromatic nitrogens is 2.